The second-order valence-electron chi connectivity index (χ2n) is 7.70. The van der Waals surface area contributed by atoms with Crippen molar-refractivity contribution in [3.63, 3.8) is 0 Å². The minimum absolute atomic E-state index is 0.341. The third kappa shape index (κ3) is 2.23. The molecule has 0 spiro atoms. The number of benzene rings is 2. The monoisotopic (exact) mass is 322 g/mol. The van der Waals surface area contributed by atoms with Crippen molar-refractivity contribution in [2.45, 2.75) is 45.4 Å². The fourth-order valence-corrected chi connectivity index (χ4v) is 4.81. The lowest BCUT2D eigenvalue weighted by atomic mass is 9.57. The molecule has 0 bridgehead atoms. The zero-order valence-electron chi connectivity index (χ0n) is 15.1. The minimum Gasteiger partial charge on any atom is -0.493 e. The lowest BCUT2D eigenvalue weighted by molar-refractivity contribution is 0.206. The van der Waals surface area contributed by atoms with Crippen LogP contribution in [0.25, 0.3) is 0 Å². The van der Waals surface area contributed by atoms with Gasteiger partial charge in [-0.25, -0.2) is 0 Å². The van der Waals surface area contributed by atoms with E-state index in [1.165, 1.54) is 47.1 Å². The Bertz CT molecular complexity index is 793. The Morgan fingerprint density at radius 2 is 1.50 bits per heavy atom. The van der Waals surface area contributed by atoms with Gasteiger partial charge in [-0.3, -0.25) is 0 Å². The van der Waals surface area contributed by atoms with Crippen LogP contribution in [0.5, 0.6) is 11.5 Å². The lowest BCUT2D eigenvalue weighted by Gasteiger charge is -2.47. The SMILES string of the molecule is COc1cc2c(cc1OC)C1c3cc(C)ccc3CCC1(C)CC2. The Hall–Kier alpha value is -1.96. The molecule has 2 heteroatoms. The predicted octanol–water partition coefficient (Wildman–Crippen LogP) is 5.04. The van der Waals surface area contributed by atoms with Gasteiger partial charge in [-0.15, -0.1) is 0 Å². The number of ether oxygens (including phenoxy) is 2. The smallest absolute Gasteiger partial charge is 0.161 e. The van der Waals surface area contributed by atoms with Gasteiger partial charge in [-0.1, -0.05) is 30.7 Å². The Morgan fingerprint density at radius 3 is 2.21 bits per heavy atom. The van der Waals surface area contributed by atoms with E-state index in [-0.39, 0.29) is 0 Å². The minimum atomic E-state index is 0.341. The number of aryl methyl sites for hydroxylation is 3. The first-order chi connectivity index (χ1) is 11.6. The predicted molar refractivity (Wildman–Crippen MR) is 97.3 cm³/mol. The largest absolute Gasteiger partial charge is 0.493 e. The highest BCUT2D eigenvalue weighted by molar-refractivity contribution is 5.55. The molecule has 2 atom stereocenters. The highest BCUT2D eigenvalue weighted by atomic mass is 16.5. The van der Waals surface area contributed by atoms with Crippen molar-refractivity contribution in [3.8, 4) is 11.5 Å². The summed E-state index contributed by atoms with van der Waals surface area (Å²) in [4.78, 5) is 0. The Balaban J connectivity index is 1.94. The summed E-state index contributed by atoms with van der Waals surface area (Å²) in [6.45, 7) is 4.67. The zero-order valence-corrected chi connectivity index (χ0v) is 15.1. The van der Waals surface area contributed by atoms with Gasteiger partial charge in [0.25, 0.3) is 0 Å². The molecule has 2 nitrogen and oxygen atoms in total. The highest BCUT2D eigenvalue weighted by Crippen LogP contribution is 2.56. The molecule has 0 saturated heterocycles. The van der Waals surface area contributed by atoms with Crippen LogP contribution in [0.1, 0.15) is 53.5 Å². The van der Waals surface area contributed by atoms with Crippen LogP contribution in [0, 0.1) is 12.3 Å². The fraction of sp³-hybridized carbons (Fsp3) is 0.455. The van der Waals surface area contributed by atoms with Gasteiger partial charge >= 0.3 is 0 Å². The summed E-state index contributed by atoms with van der Waals surface area (Å²) < 4.78 is 11.1. The number of fused-ring (bicyclic) bond motifs is 5. The summed E-state index contributed by atoms with van der Waals surface area (Å²) in [5.41, 5.74) is 7.60. The second-order valence-corrected chi connectivity index (χ2v) is 7.70. The average molecular weight is 322 g/mol. The van der Waals surface area contributed by atoms with Crippen LogP contribution in [-0.2, 0) is 12.8 Å². The fourth-order valence-electron chi connectivity index (χ4n) is 4.81. The van der Waals surface area contributed by atoms with E-state index >= 15 is 0 Å². The van der Waals surface area contributed by atoms with E-state index < -0.39 is 0 Å². The van der Waals surface area contributed by atoms with Crippen LogP contribution in [-0.4, -0.2) is 14.2 Å². The van der Waals surface area contributed by atoms with Gasteiger partial charge in [-0.2, -0.15) is 0 Å². The third-order valence-corrected chi connectivity index (χ3v) is 6.20. The number of hydrogen-bond donors (Lipinski definition) is 0. The molecule has 2 aliphatic rings. The molecular weight excluding hydrogens is 296 g/mol. The van der Waals surface area contributed by atoms with Gasteiger partial charge in [0.1, 0.15) is 0 Å². The van der Waals surface area contributed by atoms with Crippen LogP contribution in [0.15, 0.2) is 30.3 Å². The molecule has 2 aromatic rings. The lowest BCUT2D eigenvalue weighted by Crippen LogP contribution is -2.36. The summed E-state index contributed by atoms with van der Waals surface area (Å²) >= 11 is 0. The van der Waals surface area contributed by atoms with Gasteiger partial charge in [0.05, 0.1) is 14.2 Å². The second kappa shape index (κ2) is 5.54. The molecule has 0 fully saturated rings. The van der Waals surface area contributed by atoms with E-state index in [1.54, 1.807) is 14.2 Å². The van der Waals surface area contributed by atoms with Crippen molar-refractivity contribution in [2.24, 2.45) is 5.41 Å². The molecule has 2 aromatic carbocycles. The summed E-state index contributed by atoms with van der Waals surface area (Å²) in [7, 11) is 3.45. The Labute approximate surface area is 144 Å². The van der Waals surface area contributed by atoms with Gasteiger partial charge in [0.2, 0.25) is 0 Å². The molecule has 4 rings (SSSR count). The molecule has 24 heavy (non-hydrogen) atoms. The number of hydrogen-bond acceptors (Lipinski definition) is 2. The van der Waals surface area contributed by atoms with Crippen molar-refractivity contribution in [1.82, 2.24) is 0 Å². The molecule has 2 unspecified atom stereocenters. The molecule has 0 radical (unpaired) electrons. The first kappa shape index (κ1) is 15.6. The van der Waals surface area contributed by atoms with Crippen molar-refractivity contribution in [1.29, 1.82) is 0 Å². The maximum absolute atomic E-state index is 5.60. The van der Waals surface area contributed by atoms with Crippen molar-refractivity contribution >= 4 is 0 Å². The third-order valence-electron chi connectivity index (χ3n) is 6.20. The van der Waals surface area contributed by atoms with E-state index in [2.05, 4.69) is 44.2 Å². The van der Waals surface area contributed by atoms with E-state index in [4.69, 9.17) is 9.47 Å². The molecular formula is C22H26O2. The summed E-state index contributed by atoms with van der Waals surface area (Å²) in [5, 5.41) is 0. The van der Waals surface area contributed by atoms with E-state index in [1.807, 2.05) is 0 Å². The van der Waals surface area contributed by atoms with E-state index in [0.717, 1.165) is 17.9 Å². The van der Waals surface area contributed by atoms with E-state index in [9.17, 15) is 0 Å². The van der Waals surface area contributed by atoms with Gasteiger partial charge in [0.15, 0.2) is 11.5 Å². The summed E-state index contributed by atoms with van der Waals surface area (Å²) in [5.74, 6) is 2.16. The molecule has 2 aliphatic carbocycles. The highest BCUT2D eigenvalue weighted by Gasteiger charge is 2.44. The van der Waals surface area contributed by atoms with Gasteiger partial charge in [0, 0.05) is 5.92 Å². The topological polar surface area (TPSA) is 18.5 Å². The molecule has 0 aromatic heterocycles. The first-order valence-corrected chi connectivity index (χ1v) is 8.90. The van der Waals surface area contributed by atoms with Crippen LogP contribution in [0.2, 0.25) is 0 Å². The van der Waals surface area contributed by atoms with Crippen molar-refractivity contribution in [3.05, 3.63) is 58.1 Å². The summed E-state index contributed by atoms with van der Waals surface area (Å²) in [6.07, 6.45) is 4.84. The molecule has 0 N–H and O–H groups in total. The average Bonchev–Trinajstić information content (AvgIpc) is 2.59. The number of methoxy groups -OCH3 is 2. The summed E-state index contributed by atoms with van der Waals surface area (Å²) in [6, 6.07) is 11.4. The molecule has 126 valence electrons. The van der Waals surface area contributed by atoms with E-state index in [0.29, 0.717) is 11.3 Å². The quantitative estimate of drug-likeness (QED) is 0.771. The van der Waals surface area contributed by atoms with Crippen LogP contribution in [0.4, 0.5) is 0 Å². The number of rotatable bonds is 2. The maximum atomic E-state index is 5.60. The Kier molecular flexibility index (Phi) is 3.59. The van der Waals surface area contributed by atoms with Crippen molar-refractivity contribution in [2.75, 3.05) is 14.2 Å². The molecule has 0 heterocycles. The van der Waals surface area contributed by atoms with Crippen LogP contribution in [0.3, 0.4) is 0 Å². The van der Waals surface area contributed by atoms with Crippen molar-refractivity contribution < 1.29 is 9.47 Å². The zero-order chi connectivity index (χ0) is 16.9. The molecule has 0 aliphatic heterocycles. The van der Waals surface area contributed by atoms with Gasteiger partial charge < -0.3 is 9.47 Å². The first-order valence-electron chi connectivity index (χ1n) is 8.90. The van der Waals surface area contributed by atoms with Crippen LogP contribution >= 0.6 is 0 Å². The Morgan fingerprint density at radius 1 is 0.875 bits per heavy atom. The normalized spacial score (nSPS) is 24.6. The maximum Gasteiger partial charge on any atom is 0.161 e. The van der Waals surface area contributed by atoms with Crippen LogP contribution < -0.4 is 9.47 Å². The standard InChI is InChI=1S/C22H26O2/c1-14-5-6-15-7-9-22(2)10-8-16-12-19(23-3)20(24-4)13-18(16)21(22)17(15)11-14/h5-6,11-13,21H,7-10H2,1-4H3. The van der Waals surface area contributed by atoms with Gasteiger partial charge in [-0.05, 0) is 72.4 Å². The molecule has 0 saturated carbocycles. The molecule has 0 amide bonds.